The molecule has 0 saturated carbocycles. The number of nitrogens with one attached hydrogen (secondary N) is 2. The van der Waals surface area contributed by atoms with Crippen LogP contribution in [0, 0.1) is 5.92 Å². The third-order valence-electron chi connectivity index (χ3n) is 12.3. The average molecular weight is 1200 g/mol. The van der Waals surface area contributed by atoms with Gasteiger partial charge in [0.15, 0.2) is 23.9 Å². The first-order chi connectivity index (χ1) is 37.0. The Bertz CT molecular complexity index is 3480. The van der Waals surface area contributed by atoms with E-state index < -0.39 is 154 Å². The first-order valence-corrected chi connectivity index (χ1v) is 28.8. The highest BCUT2D eigenvalue weighted by molar-refractivity contribution is 7.66. The van der Waals surface area contributed by atoms with Crippen molar-refractivity contribution in [1.29, 1.82) is 0 Å². The first kappa shape index (κ1) is 59.7. The molecule has 8 rings (SSSR count). The van der Waals surface area contributed by atoms with Crippen LogP contribution in [0.4, 0.5) is 11.8 Å². The number of imidazole rings is 2. The second-order valence-corrected chi connectivity index (χ2v) is 23.7. The number of aliphatic hydroxyl groups is 3. The Morgan fingerprint density at radius 1 is 0.797 bits per heavy atom. The van der Waals surface area contributed by atoms with Crippen molar-refractivity contribution in [2.75, 3.05) is 52.5 Å². The quantitative estimate of drug-likeness (QED) is 0.0172. The fourth-order valence-corrected chi connectivity index (χ4v) is 13.2. The number of nitrogen functional groups attached to an aromatic ring is 2. The summed E-state index contributed by atoms with van der Waals surface area (Å²) in [5.41, 5.74) is 9.14. The minimum atomic E-state index is -6.25. The van der Waals surface area contributed by atoms with Gasteiger partial charge >= 0.3 is 42.5 Å². The summed E-state index contributed by atoms with van der Waals surface area (Å²) in [4.78, 5) is 114. The van der Waals surface area contributed by atoms with Crippen LogP contribution in [0.2, 0.25) is 0 Å². The monoisotopic (exact) mass is 1200 g/mol. The predicted molar refractivity (Wildman–Crippen MR) is 258 cm³/mol. The topological polar surface area (TPSA) is 528 Å². The van der Waals surface area contributed by atoms with Gasteiger partial charge in [-0.3, -0.25) is 51.6 Å². The van der Waals surface area contributed by atoms with E-state index in [-0.39, 0.29) is 40.6 Å². The fraction of sp³-hybridized carbons (Fsp3) is 0.541. The van der Waals surface area contributed by atoms with E-state index in [1.165, 1.54) is 45.1 Å². The van der Waals surface area contributed by atoms with Crippen LogP contribution in [0.25, 0.3) is 22.3 Å². The largest absolute Gasteiger partial charge is 0.490 e. The van der Waals surface area contributed by atoms with E-state index in [2.05, 4.69) is 40.1 Å². The number of nitrogens with zero attached hydrogens (tertiary/aromatic N) is 9. The molecule has 3 saturated heterocycles. The number of H-pyrrole nitrogens is 2. The molecular formula is C37H52N13O25P4+. The number of fused-ring (bicyclic) bond motifs is 2. The molecule has 38 nitrogen and oxygen atoms in total. The van der Waals surface area contributed by atoms with Crippen LogP contribution in [-0.4, -0.2) is 179 Å². The molecule has 4 unspecified atom stereocenters. The van der Waals surface area contributed by atoms with Gasteiger partial charge < -0.3 is 70.2 Å². The van der Waals surface area contributed by atoms with Crippen molar-refractivity contribution >= 4 is 71.3 Å². The first-order valence-electron chi connectivity index (χ1n) is 22.8. The highest BCUT2D eigenvalue weighted by atomic mass is 31.3. The molecule has 0 aliphatic carbocycles. The maximum atomic E-state index is 13.6. The lowest BCUT2D eigenvalue weighted by Gasteiger charge is -2.26. The van der Waals surface area contributed by atoms with Gasteiger partial charge in [0.25, 0.3) is 16.7 Å². The van der Waals surface area contributed by atoms with Gasteiger partial charge in [-0.15, -0.1) is 0 Å². The second-order valence-electron chi connectivity index (χ2n) is 17.7. The normalized spacial score (nSPS) is 29.3. The number of amides is 1. The number of phosphoric acid groups is 4. The molecule has 79 heavy (non-hydrogen) atoms. The number of anilines is 2. The van der Waals surface area contributed by atoms with Crippen molar-refractivity contribution in [3.63, 3.8) is 0 Å². The number of aliphatic hydroxyl groups excluding tert-OH is 3. The van der Waals surface area contributed by atoms with Crippen molar-refractivity contribution < 1.29 is 108 Å². The number of aromatic amines is 2. The Balaban J connectivity index is 0.956. The summed E-state index contributed by atoms with van der Waals surface area (Å²) in [6.45, 7) is 0.323. The molecule has 16 atom stereocenters. The fourth-order valence-electron chi connectivity index (χ4n) is 8.69. The molecule has 5 aromatic heterocycles. The molecular weight excluding hydrogens is 1150 g/mol. The van der Waals surface area contributed by atoms with Crippen LogP contribution < -0.4 is 32.8 Å². The Hall–Kier alpha value is -5.37. The Labute approximate surface area is 441 Å². The predicted octanol–water partition coefficient (Wildman–Crippen LogP) is -3.49. The zero-order valence-electron chi connectivity index (χ0n) is 41.1. The van der Waals surface area contributed by atoms with E-state index in [4.69, 9.17) is 48.5 Å². The highest BCUT2D eigenvalue weighted by Gasteiger charge is 2.54. The van der Waals surface area contributed by atoms with Crippen molar-refractivity contribution in [2.24, 2.45) is 5.92 Å². The number of ether oxygens (including phenoxy) is 4. The van der Waals surface area contributed by atoms with E-state index in [1.54, 1.807) is 0 Å². The van der Waals surface area contributed by atoms with Crippen LogP contribution in [0.3, 0.4) is 0 Å². The molecule has 3 aliphatic heterocycles. The van der Waals surface area contributed by atoms with Gasteiger partial charge in [-0.1, -0.05) is 12.7 Å². The van der Waals surface area contributed by atoms with E-state index in [9.17, 15) is 72.3 Å². The maximum absolute atomic E-state index is 13.6. The van der Waals surface area contributed by atoms with Crippen molar-refractivity contribution in [1.82, 2.24) is 48.5 Å². The number of allylic oxidation sites excluding steroid dienone is 1. The van der Waals surface area contributed by atoms with Crippen molar-refractivity contribution in [3.8, 4) is 0 Å². The number of hydrogen-bond acceptors (Lipinski definition) is 27. The van der Waals surface area contributed by atoms with Crippen molar-refractivity contribution in [3.05, 3.63) is 75.1 Å². The number of nitrogens with two attached hydrogens (primary N) is 2. The smallest absolute Gasteiger partial charge is 0.387 e. The molecule has 0 radical (unpaired) electrons. The molecule has 434 valence electrons. The number of rotatable bonds is 23. The SMILES string of the molecule is C=CC[n+]1cn([C@@H]2O[C@H](COP(=O)(O)OP(=O)(O)OP(=O)(O)OC[C@H]3O[C@@H](n4cnc5c(N)ncnc54)[C@H](OC)[C@@H]3OP(=O)(O)OC[C@H]3O[C@@H](n4ccc(=O)[nH]c4=O)[C@H](O)[C@@H]3O)[C@@H](CC(=O)N(C)C)[C@H]2O)c2nc(N)[nH]c(=O)c21. The lowest BCUT2D eigenvalue weighted by atomic mass is 9.94. The van der Waals surface area contributed by atoms with Gasteiger partial charge in [0.05, 0.1) is 32.3 Å². The minimum Gasteiger partial charge on any atom is -0.387 e. The molecule has 8 heterocycles. The molecule has 3 fully saturated rings. The van der Waals surface area contributed by atoms with Crippen LogP contribution in [0.15, 0.2) is 58.3 Å². The third kappa shape index (κ3) is 13.0. The van der Waals surface area contributed by atoms with Gasteiger partial charge in [0.2, 0.25) is 24.4 Å². The Kier molecular flexibility index (Phi) is 17.6. The minimum absolute atomic E-state index is 0.00389. The zero-order chi connectivity index (χ0) is 57.7. The molecule has 1 amide bonds. The van der Waals surface area contributed by atoms with Crippen molar-refractivity contribution in [2.45, 2.75) is 80.5 Å². The Morgan fingerprint density at radius 3 is 2.06 bits per heavy atom. The number of aromatic nitrogens is 10. The summed E-state index contributed by atoms with van der Waals surface area (Å²) >= 11 is 0. The second kappa shape index (κ2) is 23.2. The third-order valence-corrected chi connectivity index (χ3v) is 17.5. The Morgan fingerprint density at radius 2 is 1.42 bits per heavy atom. The standard InChI is InChI=1S/C37H51N13O25P4/c1-5-7-47-15-50(31-23(47)32(56)45-36(39)44-31)33-24(53)16(9-21(52)46(2)3)17(70-33)10-68-77(60,61)74-79(64,65)75-78(62,63)69-12-19-27(28(66-4)35(72-19)49-14-42-22-29(38)40-13-41-30(22)49)73-76(58,59)67-11-18-25(54)26(55)34(71-18)48-8-6-20(51)43-37(48)57/h5-6,8,13-19,24-28,33-35,53-55H,1,7,9-12H2,2-4H3,(H9-,38,39,40,41,43,44,45,51,56,57,58,59,60,61,62,63,64,65)/p+1/t16-,17-,18-,19-,24-,25-,26-,27-,28-,33-,34-,35-/m1/s1. The summed E-state index contributed by atoms with van der Waals surface area (Å²) in [7, 11) is -19.7. The number of carbonyl (C=O) groups is 1. The van der Waals surface area contributed by atoms with Crippen LogP contribution in [0.5, 0.6) is 0 Å². The van der Waals surface area contributed by atoms with Crippen LogP contribution in [-0.2, 0) is 75.3 Å². The van der Waals surface area contributed by atoms with E-state index >= 15 is 0 Å². The van der Waals surface area contributed by atoms with Crippen LogP contribution >= 0.6 is 31.3 Å². The van der Waals surface area contributed by atoms with Gasteiger partial charge in [0.1, 0.15) is 61.1 Å². The summed E-state index contributed by atoms with van der Waals surface area (Å²) in [5, 5.41) is 32.9. The highest BCUT2D eigenvalue weighted by Crippen LogP contribution is 2.68. The van der Waals surface area contributed by atoms with E-state index in [0.717, 1.165) is 36.6 Å². The molecule has 42 heteroatoms. The molecule has 5 aromatic rings. The summed E-state index contributed by atoms with van der Waals surface area (Å²) in [5.74, 6) is -2.24. The van der Waals surface area contributed by atoms with Gasteiger partial charge in [0, 0.05) is 45.8 Å². The number of phosphoric ester groups is 3. The lowest BCUT2D eigenvalue weighted by Crippen LogP contribution is -2.38. The number of hydrogen-bond donors (Lipinski definition) is 11. The van der Waals surface area contributed by atoms with Crippen LogP contribution in [0.1, 0.15) is 25.1 Å². The summed E-state index contributed by atoms with van der Waals surface area (Å²) < 4.78 is 110. The average Bonchev–Trinajstić information content (AvgIpc) is 4.32. The summed E-state index contributed by atoms with van der Waals surface area (Å²) in [6.07, 6.45) is -13.0. The molecule has 13 N–H and O–H groups in total. The van der Waals surface area contributed by atoms with Gasteiger partial charge in [-0.25, -0.2) is 42.6 Å². The van der Waals surface area contributed by atoms with E-state index in [1.807, 2.05) is 4.98 Å². The molecule has 0 spiro atoms. The number of carbonyl (C=O) groups excluding carboxylic acids is 1. The zero-order valence-corrected chi connectivity index (χ0v) is 44.7. The number of methoxy groups -OCH3 is 1. The lowest BCUT2D eigenvalue weighted by molar-refractivity contribution is -0.662. The summed E-state index contributed by atoms with van der Waals surface area (Å²) in [6, 6.07) is 0.920. The van der Waals surface area contributed by atoms with Gasteiger partial charge in [-0.2, -0.15) is 18.2 Å². The van der Waals surface area contributed by atoms with Gasteiger partial charge in [-0.05, 0) is 0 Å². The van der Waals surface area contributed by atoms with E-state index in [0.29, 0.717) is 0 Å². The molecule has 0 aromatic carbocycles. The maximum Gasteiger partial charge on any atom is 0.490 e. The molecule has 0 bridgehead atoms. The molecule has 3 aliphatic rings.